The first-order valence-corrected chi connectivity index (χ1v) is 10.1. The van der Waals surface area contributed by atoms with Gasteiger partial charge in [-0.3, -0.25) is 4.79 Å². The summed E-state index contributed by atoms with van der Waals surface area (Å²) in [7, 11) is 0. The SMILES string of the molecule is Cc1ccc(CSc2nc3cc(-c4ccc(F)cc4)sc3c(=O)n2N)cc1. The van der Waals surface area contributed by atoms with Gasteiger partial charge < -0.3 is 5.84 Å². The van der Waals surface area contributed by atoms with Crippen LogP contribution in [0.4, 0.5) is 4.39 Å². The van der Waals surface area contributed by atoms with E-state index in [-0.39, 0.29) is 11.4 Å². The van der Waals surface area contributed by atoms with E-state index in [1.54, 1.807) is 12.1 Å². The van der Waals surface area contributed by atoms with Gasteiger partial charge in [-0.15, -0.1) is 11.3 Å². The summed E-state index contributed by atoms with van der Waals surface area (Å²) in [4.78, 5) is 18.1. The second-order valence-corrected chi connectivity index (χ2v) is 8.17. The molecule has 4 aromatic rings. The molecule has 0 saturated carbocycles. The molecule has 2 heterocycles. The number of nitrogens with zero attached hydrogens (tertiary/aromatic N) is 2. The zero-order chi connectivity index (χ0) is 19.0. The number of thiophene rings is 1. The van der Waals surface area contributed by atoms with Crippen LogP contribution >= 0.6 is 23.1 Å². The predicted molar refractivity (Wildman–Crippen MR) is 110 cm³/mol. The average Bonchev–Trinajstić information content (AvgIpc) is 3.09. The van der Waals surface area contributed by atoms with E-state index >= 15 is 0 Å². The number of thioether (sulfide) groups is 1. The minimum atomic E-state index is -0.294. The van der Waals surface area contributed by atoms with Gasteiger partial charge in [0.1, 0.15) is 10.5 Å². The Bertz CT molecular complexity index is 1170. The highest BCUT2D eigenvalue weighted by molar-refractivity contribution is 7.98. The first-order chi connectivity index (χ1) is 13.0. The molecule has 0 unspecified atom stereocenters. The minimum absolute atomic E-state index is 0.273. The Morgan fingerprint density at radius 2 is 1.85 bits per heavy atom. The number of rotatable bonds is 4. The van der Waals surface area contributed by atoms with Crippen molar-refractivity contribution in [3.8, 4) is 10.4 Å². The summed E-state index contributed by atoms with van der Waals surface area (Å²) in [5, 5.41) is 0.469. The van der Waals surface area contributed by atoms with Crippen molar-refractivity contribution in [2.75, 3.05) is 5.84 Å². The average molecular weight is 398 g/mol. The Balaban J connectivity index is 1.68. The predicted octanol–water partition coefficient (Wildman–Crippen LogP) is 4.58. The summed E-state index contributed by atoms with van der Waals surface area (Å²) in [6.07, 6.45) is 0. The lowest BCUT2D eigenvalue weighted by Gasteiger charge is -2.06. The van der Waals surface area contributed by atoms with Gasteiger partial charge in [-0.2, -0.15) is 0 Å². The van der Waals surface area contributed by atoms with Gasteiger partial charge in [0.05, 0.1) is 5.52 Å². The quantitative estimate of drug-likeness (QED) is 0.311. The van der Waals surface area contributed by atoms with Crippen LogP contribution < -0.4 is 11.4 Å². The van der Waals surface area contributed by atoms with Gasteiger partial charge in [-0.25, -0.2) is 14.1 Å². The highest BCUT2D eigenvalue weighted by Crippen LogP contribution is 2.32. The molecule has 0 aliphatic carbocycles. The summed E-state index contributed by atoms with van der Waals surface area (Å²) < 4.78 is 14.7. The fraction of sp³-hybridized carbons (Fsp3) is 0.100. The third kappa shape index (κ3) is 3.61. The molecule has 0 aliphatic heterocycles. The zero-order valence-corrected chi connectivity index (χ0v) is 16.1. The molecule has 0 spiro atoms. The Morgan fingerprint density at radius 1 is 1.15 bits per heavy atom. The molecule has 27 heavy (non-hydrogen) atoms. The van der Waals surface area contributed by atoms with Crippen molar-refractivity contribution in [3.63, 3.8) is 0 Å². The molecule has 0 radical (unpaired) electrons. The maximum atomic E-state index is 13.1. The molecule has 136 valence electrons. The first kappa shape index (κ1) is 17.8. The van der Waals surface area contributed by atoms with Crippen LogP contribution in [0.2, 0.25) is 0 Å². The molecule has 2 N–H and O–H groups in total. The Labute approximate surface area is 163 Å². The van der Waals surface area contributed by atoms with Crippen LogP contribution in [-0.2, 0) is 5.75 Å². The molecule has 0 bridgehead atoms. The summed E-state index contributed by atoms with van der Waals surface area (Å²) in [6, 6.07) is 16.2. The van der Waals surface area contributed by atoms with Crippen LogP contribution in [0, 0.1) is 12.7 Å². The molecule has 4 rings (SSSR count). The lowest BCUT2D eigenvalue weighted by atomic mass is 10.2. The minimum Gasteiger partial charge on any atom is -0.334 e. The Hall–Kier alpha value is -2.64. The number of aromatic nitrogens is 2. The molecule has 0 fully saturated rings. The number of nitrogens with two attached hydrogens (primary N) is 1. The number of nitrogen functional groups attached to an aromatic ring is 1. The van der Waals surface area contributed by atoms with Crippen molar-refractivity contribution in [2.24, 2.45) is 0 Å². The molecule has 2 aromatic heterocycles. The summed E-state index contributed by atoms with van der Waals surface area (Å²) >= 11 is 2.74. The first-order valence-electron chi connectivity index (χ1n) is 8.27. The number of hydrogen-bond donors (Lipinski definition) is 1. The largest absolute Gasteiger partial charge is 0.334 e. The molecule has 0 amide bonds. The highest BCUT2D eigenvalue weighted by atomic mass is 32.2. The normalized spacial score (nSPS) is 11.2. The van der Waals surface area contributed by atoms with E-state index in [9.17, 15) is 9.18 Å². The number of halogens is 1. The summed E-state index contributed by atoms with van der Waals surface area (Å²) in [5.74, 6) is 6.36. The zero-order valence-electron chi connectivity index (χ0n) is 14.5. The number of aryl methyl sites for hydroxylation is 1. The smallest absolute Gasteiger partial charge is 0.290 e. The van der Waals surface area contributed by atoms with E-state index < -0.39 is 0 Å². The topological polar surface area (TPSA) is 60.9 Å². The molecular formula is C20H16FN3OS2. The molecule has 2 aromatic carbocycles. The van der Waals surface area contributed by atoms with Gasteiger partial charge in [0.25, 0.3) is 5.56 Å². The second kappa shape index (κ2) is 7.17. The van der Waals surface area contributed by atoms with Gasteiger partial charge in [0, 0.05) is 10.6 Å². The summed E-state index contributed by atoms with van der Waals surface area (Å²) in [6.45, 7) is 2.04. The van der Waals surface area contributed by atoms with Crippen LogP contribution in [0.25, 0.3) is 20.7 Å². The van der Waals surface area contributed by atoms with Crippen molar-refractivity contribution in [1.82, 2.24) is 9.66 Å². The fourth-order valence-electron chi connectivity index (χ4n) is 2.66. The lowest BCUT2D eigenvalue weighted by Crippen LogP contribution is -2.29. The fourth-order valence-corrected chi connectivity index (χ4v) is 4.57. The van der Waals surface area contributed by atoms with E-state index in [4.69, 9.17) is 5.84 Å². The maximum Gasteiger partial charge on any atom is 0.290 e. The van der Waals surface area contributed by atoms with E-state index in [1.807, 2.05) is 13.0 Å². The van der Waals surface area contributed by atoms with Crippen molar-refractivity contribution >= 4 is 33.3 Å². The van der Waals surface area contributed by atoms with Gasteiger partial charge in [0.2, 0.25) is 0 Å². The molecule has 0 saturated heterocycles. The van der Waals surface area contributed by atoms with Gasteiger partial charge >= 0.3 is 0 Å². The van der Waals surface area contributed by atoms with Crippen molar-refractivity contribution in [3.05, 3.63) is 81.9 Å². The van der Waals surface area contributed by atoms with Crippen molar-refractivity contribution < 1.29 is 4.39 Å². The van der Waals surface area contributed by atoms with Crippen LogP contribution in [0.5, 0.6) is 0 Å². The number of hydrogen-bond acceptors (Lipinski definition) is 5. The third-order valence-electron chi connectivity index (χ3n) is 4.16. The molecular weight excluding hydrogens is 381 g/mol. The standard InChI is InChI=1S/C20H16FN3OS2/c1-12-2-4-13(5-3-12)11-26-20-23-16-10-17(14-6-8-15(21)9-7-14)27-18(16)19(25)24(20)22/h2-10H,11,22H2,1H3. The van der Waals surface area contributed by atoms with Gasteiger partial charge in [-0.1, -0.05) is 53.7 Å². The Kier molecular flexibility index (Phi) is 4.72. The van der Waals surface area contributed by atoms with Crippen LogP contribution in [0.1, 0.15) is 11.1 Å². The molecule has 0 aliphatic rings. The van der Waals surface area contributed by atoms with E-state index in [1.165, 1.54) is 40.8 Å². The number of fused-ring (bicyclic) bond motifs is 1. The van der Waals surface area contributed by atoms with E-state index in [0.717, 1.165) is 20.7 Å². The monoisotopic (exact) mass is 397 g/mol. The Morgan fingerprint density at radius 3 is 2.56 bits per heavy atom. The molecule has 0 atom stereocenters. The van der Waals surface area contributed by atoms with Crippen molar-refractivity contribution in [2.45, 2.75) is 17.8 Å². The highest BCUT2D eigenvalue weighted by Gasteiger charge is 2.14. The second-order valence-electron chi connectivity index (χ2n) is 6.18. The van der Waals surface area contributed by atoms with Gasteiger partial charge in [0.15, 0.2) is 5.16 Å². The summed E-state index contributed by atoms with van der Waals surface area (Å²) in [5.41, 5.74) is 3.52. The number of benzene rings is 2. The molecule has 4 nitrogen and oxygen atoms in total. The van der Waals surface area contributed by atoms with Crippen molar-refractivity contribution in [1.29, 1.82) is 0 Å². The third-order valence-corrected chi connectivity index (χ3v) is 6.35. The van der Waals surface area contributed by atoms with Crippen LogP contribution in [0.3, 0.4) is 0 Å². The van der Waals surface area contributed by atoms with Gasteiger partial charge in [-0.05, 0) is 36.2 Å². The molecule has 7 heteroatoms. The van der Waals surface area contributed by atoms with E-state index in [0.29, 0.717) is 21.1 Å². The maximum absolute atomic E-state index is 13.1. The lowest BCUT2D eigenvalue weighted by molar-refractivity contribution is 0.628. The van der Waals surface area contributed by atoms with Crippen LogP contribution in [0.15, 0.2) is 64.5 Å². The van der Waals surface area contributed by atoms with Crippen LogP contribution in [-0.4, -0.2) is 9.66 Å². The van der Waals surface area contributed by atoms with E-state index in [2.05, 4.69) is 29.2 Å².